The molecule has 152 valence electrons. The van der Waals surface area contributed by atoms with Gasteiger partial charge in [0.05, 0.1) is 10.0 Å². The van der Waals surface area contributed by atoms with Gasteiger partial charge in [0.15, 0.2) is 0 Å². The highest BCUT2D eigenvalue weighted by molar-refractivity contribution is 6.42. The largest absolute Gasteiger partial charge is 0.489 e. The fourth-order valence-electron chi connectivity index (χ4n) is 3.32. The monoisotopic (exact) mass is 455 g/mol. The second kappa shape index (κ2) is 9.18. The van der Waals surface area contributed by atoms with Crippen LogP contribution in [0.2, 0.25) is 15.1 Å². The summed E-state index contributed by atoms with van der Waals surface area (Å²) in [5.74, 6) is 0.825. The molecule has 0 atom stereocenters. The van der Waals surface area contributed by atoms with Crippen molar-refractivity contribution in [3.8, 4) is 5.75 Å². The molecule has 0 amide bonds. The van der Waals surface area contributed by atoms with E-state index in [1.54, 1.807) is 6.07 Å². The Morgan fingerprint density at radius 3 is 2.43 bits per heavy atom. The lowest BCUT2D eigenvalue weighted by Crippen LogP contribution is -2.05. The lowest BCUT2D eigenvalue weighted by Gasteiger charge is -2.16. The Balaban J connectivity index is 1.61. The van der Waals surface area contributed by atoms with Crippen LogP contribution in [0.1, 0.15) is 16.7 Å². The van der Waals surface area contributed by atoms with Gasteiger partial charge in [0.1, 0.15) is 12.4 Å². The van der Waals surface area contributed by atoms with Crippen molar-refractivity contribution in [1.82, 2.24) is 0 Å². The molecular formula is C25H20Cl3NO. The van der Waals surface area contributed by atoms with Crippen LogP contribution < -0.4 is 10.1 Å². The molecule has 0 aliphatic heterocycles. The van der Waals surface area contributed by atoms with Crippen molar-refractivity contribution in [3.63, 3.8) is 0 Å². The molecule has 4 aromatic rings. The van der Waals surface area contributed by atoms with Gasteiger partial charge in [-0.25, -0.2) is 0 Å². The van der Waals surface area contributed by atoms with E-state index in [-0.39, 0.29) is 0 Å². The van der Waals surface area contributed by atoms with E-state index in [0.29, 0.717) is 23.2 Å². The molecule has 0 saturated carbocycles. The topological polar surface area (TPSA) is 21.3 Å². The zero-order chi connectivity index (χ0) is 21.1. The summed E-state index contributed by atoms with van der Waals surface area (Å²) < 4.78 is 6.19. The third-order valence-electron chi connectivity index (χ3n) is 5.02. The number of aryl methyl sites for hydroxylation is 1. The maximum Gasteiger partial charge on any atom is 0.125 e. The molecule has 0 heterocycles. The minimum atomic E-state index is 0.401. The van der Waals surface area contributed by atoms with Crippen molar-refractivity contribution in [2.75, 3.05) is 5.32 Å². The van der Waals surface area contributed by atoms with Gasteiger partial charge in [-0.15, -0.1) is 0 Å². The summed E-state index contributed by atoms with van der Waals surface area (Å²) in [4.78, 5) is 0. The zero-order valence-corrected chi connectivity index (χ0v) is 18.7. The second-order valence-electron chi connectivity index (χ2n) is 7.12. The van der Waals surface area contributed by atoms with Crippen molar-refractivity contribution in [2.24, 2.45) is 0 Å². The number of ether oxygens (including phenoxy) is 1. The van der Waals surface area contributed by atoms with E-state index in [4.69, 9.17) is 39.5 Å². The molecule has 5 heteroatoms. The van der Waals surface area contributed by atoms with Crippen LogP contribution in [0.15, 0.2) is 72.8 Å². The lowest BCUT2D eigenvalue weighted by atomic mass is 10.0. The van der Waals surface area contributed by atoms with E-state index in [1.165, 1.54) is 0 Å². The van der Waals surface area contributed by atoms with Crippen molar-refractivity contribution in [2.45, 2.75) is 20.1 Å². The molecule has 30 heavy (non-hydrogen) atoms. The third-order valence-corrected chi connectivity index (χ3v) is 6.16. The van der Waals surface area contributed by atoms with Gasteiger partial charge in [0.25, 0.3) is 0 Å². The first kappa shape index (κ1) is 20.9. The Bertz CT molecular complexity index is 1210. The summed E-state index contributed by atoms with van der Waals surface area (Å²) in [6.45, 7) is 3.00. The molecule has 0 radical (unpaired) electrons. The van der Waals surface area contributed by atoms with Crippen molar-refractivity contribution in [3.05, 3.63) is 105 Å². The Morgan fingerprint density at radius 2 is 1.63 bits per heavy atom. The van der Waals surface area contributed by atoms with Gasteiger partial charge < -0.3 is 10.1 Å². The Morgan fingerprint density at radius 1 is 0.800 bits per heavy atom. The van der Waals surface area contributed by atoms with Crippen LogP contribution in [0, 0.1) is 6.92 Å². The molecule has 2 nitrogen and oxygen atoms in total. The van der Waals surface area contributed by atoms with Crippen LogP contribution in [0.3, 0.4) is 0 Å². The van der Waals surface area contributed by atoms with Crippen LogP contribution >= 0.6 is 34.8 Å². The van der Waals surface area contributed by atoms with E-state index in [9.17, 15) is 0 Å². The quantitative estimate of drug-likeness (QED) is 0.315. The fraction of sp³-hybridized carbons (Fsp3) is 0.120. The molecule has 0 bridgehead atoms. The summed E-state index contributed by atoms with van der Waals surface area (Å²) in [6, 6.07) is 23.9. The third kappa shape index (κ3) is 4.67. The maximum atomic E-state index is 6.28. The number of anilines is 1. The van der Waals surface area contributed by atoms with Crippen LogP contribution in [-0.4, -0.2) is 0 Å². The molecular weight excluding hydrogens is 437 g/mol. The number of benzene rings is 4. The number of hydrogen-bond donors (Lipinski definition) is 1. The average molecular weight is 457 g/mol. The Hall–Kier alpha value is -2.39. The van der Waals surface area contributed by atoms with E-state index in [1.807, 2.05) is 55.5 Å². The fourth-order valence-corrected chi connectivity index (χ4v) is 3.82. The smallest absolute Gasteiger partial charge is 0.125 e. The second-order valence-corrected chi connectivity index (χ2v) is 8.34. The Labute approximate surface area is 191 Å². The number of halogens is 3. The van der Waals surface area contributed by atoms with Gasteiger partial charge in [0, 0.05) is 22.8 Å². The zero-order valence-electron chi connectivity index (χ0n) is 16.4. The molecule has 0 fully saturated rings. The SMILES string of the molecule is Cc1ccc(NCc2c(OCc3ccc(Cl)c(Cl)c3)ccc3ccccc23)cc1Cl. The van der Waals surface area contributed by atoms with E-state index in [0.717, 1.165) is 43.9 Å². The average Bonchev–Trinajstić information content (AvgIpc) is 2.75. The highest BCUT2D eigenvalue weighted by Crippen LogP contribution is 2.31. The van der Waals surface area contributed by atoms with Gasteiger partial charge in [-0.2, -0.15) is 0 Å². The number of fused-ring (bicyclic) bond motifs is 1. The molecule has 0 unspecified atom stereocenters. The van der Waals surface area contributed by atoms with E-state index in [2.05, 4.69) is 23.5 Å². The summed E-state index contributed by atoms with van der Waals surface area (Å²) in [6.07, 6.45) is 0. The minimum Gasteiger partial charge on any atom is -0.489 e. The minimum absolute atomic E-state index is 0.401. The van der Waals surface area contributed by atoms with Crippen molar-refractivity contribution < 1.29 is 4.74 Å². The summed E-state index contributed by atoms with van der Waals surface area (Å²) >= 11 is 18.4. The highest BCUT2D eigenvalue weighted by atomic mass is 35.5. The first-order valence-electron chi connectivity index (χ1n) is 9.58. The summed E-state index contributed by atoms with van der Waals surface area (Å²) in [5, 5.41) is 7.59. The maximum absolute atomic E-state index is 6.28. The molecule has 0 saturated heterocycles. The van der Waals surface area contributed by atoms with Gasteiger partial charge in [-0.05, 0) is 59.2 Å². The molecule has 1 N–H and O–H groups in total. The van der Waals surface area contributed by atoms with E-state index >= 15 is 0 Å². The molecule has 0 aliphatic rings. The van der Waals surface area contributed by atoms with Crippen molar-refractivity contribution >= 4 is 51.3 Å². The normalized spacial score (nSPS) is 10.9. The molecule has 4 aromatic carbocycles. The summed E-state index contributed by atoms with van der Waals surface area (Å²) in [7, 11) is 0. The molecule has 0 aromatic heterocycles. The predicted molar refractivity (Wildman–Crippen MR) is 128 cm³/mol. The molecule has 4 rings (SSSR count). The van der Waals surface area contributed by atoms with Gasteiger partial charge in [0.2, 0.25) is 0 Å². The van der Waals surface area contributed by atoms with Crippen LogP contribution in [0.5, 0.6) is 5.75 Å². The van der Waals surface area contributed by atoms with Gasteiger partial charge in [-0.1, -0.05) is 77.3 Å². The first-order valence-corrected chi connectivity index (χ1v) is 10.7. The number of nitrogens with one attached hydrogen (secondary N) is 1. The highest BCUT2D eigenvalue weighted by Gasteiger charge is 2.10. The van der Waals surface area contributed by atoms with Gasteiger partial charge in [-0.3, -0.25) is 0 Å². The van der Waals surface area contributed by atoms with Crippen LogP contribution in [-0.2, 0) is 13.2 Å². The van der Waals surface area contributed by atoms with Crippen LogP contribution in [0.25, 0.3) is 10.8 Å². The number of rotatable bonds is 6. The van der Waals surface area contributed by atoms with Crippen molar-refractivity contribution in [1.29, 1.82) is 0 Å². The Kier molecular flexibility index (Phi) is 6.38. The number of hydrogen-bond acceptors (Lipinski definition) is 2. The predicted octanol–water partition coefficient (Wildman–Crippen LogP) is 8.30. The van der Waals surface area contributed by atoms with Crippen LogP contribution in [0.4, 0.5) is 5.69 Å². The molecule has 0 aliphatic carbocycles. The standard InChI is InChI=1S/C25H20Cl3NO/c1-16-6-9-19(13-23(16)27)29-14-21-20-5-3-2-4-18(20)8-11-25(21)30-15-17-7-10-22(26)24(28)12-17/h2-13,29H,14-15H2,1H3. The van der Waals surface area contributed by atoms with E-state index < -0.39 is 0 Å². The first-order chi connectivity index (χ1) is 14.5. The lowest BCUT2D eigenvalue weighted by molar-refractivity contribution is 0.304. The molecule has 0 spiro atoms. The van der Waals surface area contributed by atoms with Gasteiger partial charge >= 0.3 is 0 Å². The summed E-state index contributed by atoms with van der Waals surface area (Å²) in [5.41, 5.74) is 4.07.